The third-order valence-electron chi connectivity index (χ3n) is 2.72. The number of nitrogens with zero attached hydrogens (tertiary/aromatic N) is 1. The van der Waals surface area contributed by atoms with Crippen LogP contribution in [0.1, 0.15) is 37.2 Å². The molecule has 0 spiro atoms. The Morgan fingerprint density at radius 3 is 3.00 bits per heavy atom. The highest BCUT2D eigenvalue weighted by atomic mass is 19.1. The van der Waals surface area contributed by atoms with Crippen LogP contribution in [-0.4, -0.2) is 10.8 Å². The molecule has 0 saturated heterocycles. The number of rotatable bonds is 1. The predicted octanol–water partition coefficient (Wildman–Crippen LogP) is 2.45. The first-order valence-electron chi connectivity index (χ1n) is 4.92. The molecule has 2 nitrogen and oxygen atoms in total. The highest BCUT2D eigenvalue weighted by molar-refractivity contribution is 5.86. The molecule has 0 bridgehead atoms. The van der Waals surface area contributed by atoms with E-state index in [1.807, 2.05) is 0 Å². The van der Waals surface area contributed by atoms with Gasteiger partial charge in [0.25, 0.3) is 0 Å². The van der Waals surface area contributed by atoms with E-state index >= 15 is 0 Å². The number of carbonyl (C=O) groups is 1. The molecule has 0 radical (unpaired) electrons. The van der Waals surface area contributed by atoms with Crippen LogP contribution in [0.5, 0.6) is 0 Å². The Kier molecular flexibility index (Phi) is 2.57. The fourth-order valence-corrected chi connectivity index (χ4v) is 1.97. The van der Waals surface area contributed by atoms with E-state index in [4.69, 9.17) is 0 Å². The van der Waals surface area contributed by atoms with Crippen molar-refractivity contribution in [2.45, 2.75) is 31.6 Å². The number of Topliss-reactive ketones (excluding diaryl/α,β-unsaturated/α-hetero) is 1. The van der Waals surface area contributed by atoms with Crippen molar-refractivity contribution in [3.05, 3.63) is 29.8 Å². The minimum atomic E-state index is -0.493. The normalized spacial score (nSPS) is 22.4. The quantitative estimate of drug-likeness (QED) is 0.641. The zero-order valence-corrected chi connectivity index (χ0v) is 7.87. The topological polar surface area (TPSA) is 30.0 Å². The van der Waals surface area contributed by atoms with Gasteiger partial charge in [-0.2, -0.15) is 4.39 Å². The highest BCUT2D eigenvalue weighted by Gasteiger charge is 2.26. The van der Waals surface area contributed by atoms with E-state index < -0.39 is 5.95 Å². The first kappa shape index (κ1) is 9.31. The van der Waals surface area contributed by atoms with Crippen molar-refractivity contribution in [2.24, 2.45) is 0 Å². The first-order valence-corrected chi connectivity index (χ1v) is 4.92. The van der Waals surface area contributed by atoms with Crippen molar-refractivity contribution < 1.29 is 9.18 Å². The Balaban J connectivity index is 2.29. The Morgan fingerprint density at radius 1 is 1.43 bits per heavy atom. The minimum Gasteiger partial charge on any atom is -0.299 e. The molecule has 1 aromatic heterocycles. The molecule has 1 unspecified atom stereocenters. The van der Waals surface area contributed by atoms with Crippen LogP contribution in [0.4, 0.5) is 4.39 Å². The van der Waals surface area contributed by atoms with Gasteiger partial charge in [-0.25, -0.2) is 4.98 Å². The molecule has 1 aliphatic carbocycles. The summed E-state index contributed by atoms with van der Waals surface area (Å²) in [5.41, 5.74) is 0.470. The summed E-state index contributed by atoms with van der Waals surface area (Å²) < 4.78 is 13.3. The second kappa shape index (κ2) is 3.86. The maximum atomic E-state index is 13.3. The van der Waals surface area contributed by atoms with Crippen LogP contribution >= 0.6 is 0 Å². The number of pyridine rings is 1. The average molecular weight is 193 g/mol. The van der Waals surface area contributed by atoms with Gasteiger partial charge < -0.3 is 0 Å². The molecule has 1 aliphatic rings. The van der Waals surface area contributed by atoms with Gasteiger partial charge in [0.2, 0.25) is 5.95 Å². The Hall–Kier alpha value is -1.25. The number of carbonyl (C=O) groups excluding carboxylic acids is 1. The molecule has 74 valence electrons. The third kappa shape index (κ3) is 1.67. The lowest BCUT2D eigenvalue weighted by molar-refractivity contribution is -0.121. The van der Waals surface area contributed by atoms with Crippen LogP contribution in [0.25, 0.3) is 0 Å². The molecule has 1 atom stereocenters. The maximum absolute atomic E-state index is 13.3. The van der Waals surface area contributed by atoms with Gasteiger partial charge in [0.1, 0.15) is 5.78 Å². The third-order valence-corrected chi connectivity index (χ3v) is 2.72. The number of halogens is 1. The predicted molar refractivity (Wildman–Crippen MR) is 50.4 cm³/mol. The minimum absolute atomic E-state index is 0.156. The lowest BCUT2D eigenvalue weighted by Gasteiger charge is -2.20. The average Bonchev–Trinajstić information content (AvgIpc) is 2.20. The fraction of sp³-hybridized carbons (Fsp3) is 0.455. The van der Waals surface area contributed by atoms with Gasteiger partial charge in [-0.15, -0.1) is 0 Å². The molecule has 0 aromatic carbocycles. The van der Waals surface area contributed by atoms with Crippen LogP contribution in [0.3, 0.4) is 0 Å². The Morgan fingerprint density at radius 2 is 2.29 bits per heavy atom. The summed E-state index contributed by atoms with van der Waals surface area (Å²) in [6, 6.07) is 3.34. The smallest absolute Gasteiger partial charge is 0.216 e. The van der Waals surface area contributed by atoms with Crippen molar-refractivity contribution in [1.29, 1.82) is 0 Å². The molecule has 1 fully saturated rings. The van der Waals surface area contributed by atoms with E-state index in [1.54, 1.807) is 12.1 Å². The molecule has 1 heterocycles. The van der Waals surface area contributed by atoms with Crippen molar-refractivity contribution in [3.8, 4) is 0 Å². The van der Waals surface area contributed by atoms with E-state index in [2.05, 4.69) is 4.98 Å². The largest absolute Gasteiger partial charge is 0.299 e. The van der Waals surface area contributed by atoms with Crippen molar-refractivity contribution >= 4 is 5.78 Å². The SMILES string of the molecule is O=C1CCCCC1c1cccnc1F. The molecule has 1 saturated carbocycles. The lowest BCUT2D eigenvalue weighted by atomic mass is 9.83. The van der Waals surface area contributed by atoms with Crippen LogP contribution in [0.2, 0.25) is 0 Å². The van der Waals surface area contributed by atoms with Crippen molar-refractivity contribution in [3.63, 3.8) is 0 Å². The van der Waals surface area contributed by atoms with Crippen molar-refractivity contribution in [2.75, 3.05) is 0 Å². The summed E-state index contributed by atoms with van der Waals surface area (Å²) in [7, 11) is 0. The second-order valence-corrected chi connectivity index (χ2v) is 3.65. The standard InChI is InChI=1S/C11H12FNO/c12-11-9(5-3-7-13-11)8-4-1-2-6-10(8)14/h3,5,7-8H,1-2,4,6H2. The molecule has 1 aromatic rings. The summed E-state index contributed by atoms with van der Waals surface area (Å²) in [4.78, 5) is 15.1. The molecular formula is C11H12FNO. The van der Waals surface area contributed by atoms with Crippen LogP contribution in [0, 0.1) is 5.95 Å². The Labute approximate surface area is 82.2 Å². The summed E-state index contributed by atoms with van der Waals surface area (Å²) >= 11 is 0. The molecule has 0 N–H and O–H groups in total. The molecule has 0 amide bonds. The van der Waals surface area contributed by atoms with E-state index in [9.17, 15) is 9.18 Å². The van der Waals surface area contributed by atoms with E-state index in [-0.39, 0.29) is 11.7 Å². The van der Waals surface area contributed by atoms with Crippen molar-refractivity contribution in [1.82, 2.24) is 4.98 Å². The van der Waals surface area contributed by atoms with Gasteiger partial charge in [-0.1, -0.05) is 12.5 Å². The van der Waals surface area contributed by atoms with E-state index in [0.29, 0.717) is 12.0 Å². The number of hydrogen-bond acceptors (Lipinski definition) is 2. The van der Waals surface area contributed by atoms with Crippen LogP contribution in [0.15, 0.2) is 18.3 Å². The monoisotopic (exact) mass is 193 g/mol. The van der Waals surface area contributed by atoms with Crippen LogP contribution < -0.4 is 0 Å². The molecule has 0 aliphatic heterocycles. The number of ketones is 1. The summed E-state index contributed by atoms with van der Waals surface area (Å²) in [5.74, 6) is -0.589. The number of aromatic nitrogens is 1. The van der Waals surface area contributed by atoms with E-state index in [0.717, 1.165) is 19.3 Å². The fourth-order valence-electron chi connectivity index (χ4n) is 1.97. The zero-order valence-electron chi connectivity index (χ0n) is 7.87. The number of hydrogen-bond donors (Lipinski definition) is 0. The van der Waals surface area contributed by atoms with Gasteiger partial charge >= 0.3 is 0 Å². The maximum Gasteiger partial charge on any atom is 0.216 e. The van der Waals surface area contributed by atoms with E-state index in [1.165, 1.54) is 6.20 Å². The van der Waals surface area contributed by atoms with Gasteiger partial charge in [0.05, 0.1) is 0 Å². The summed E-state index contributed by atoms with van der Waals surface area (Å²) in [6.45, 7) is 0. The molecular weight excluding hydrogens is 181 g/mol. The van der Waals surface area contributed by atoms with Gasteiger partial charge in [-0.3, -0.25) is 4.79 Å². The first-order chi connectivity index (χ1) is 6.79. The lowest BCUT2D eigenvalue weighted by Crippen LogP contribution is -2.18. The van der Waals surface area contributed by atoms with Crippen LogP contribution in [-0.2, 0) is 4.79 Å². The Bertz CT molecular complexity index is 351. The molecule has 3 heteroatoms. The second-order valence-electron chi connectivity index (χ2n) is 3.65. The van der Waals surface area contributed by atoms with Gasteiger partial charge in [0.15, 0.2) is 0 Å². The molecule has 2 rings (SSSR count). The zero-order chi connectivity index (χ0) is 9.97. The molecule has 14 heavy (non-hydrogen) atoms. The van der Waals surface area contributed by atoms with Gasteiger partial charge in [0, 0.05) is 24.1 Å². The highest BCUT2D eigenvalue weighted by Crippen LogP contribution is 2.30. The summed E-state index contributed by atoms with van der Waals surface area (Å²) in [6.07, 6.45) is 4.70. The van der Waals surface area contributed by atoms with Gasteiger partial charge in [-0.05, 0) is 18.9 Å². The summed E-state index contributed by atoms with van der Waals surface area (Å²) in [5, 5.41) is 0.